The highest BCUT2D eigenvalue weighted by atomic mass is 19.1. The van der Waals surface area contributed by atoms with Crippen LogP contribution in [0.25, 0.3) is 16.9 Å². The summed E-state index contributed by atoms with van der Waals surface area (Å²) in [6, 6.07) is 10.6. The maximum absolute atomic E-state index is 14.4. The standard InChI is InChI=1S/C25H26F2N6O2/c1-35-18-7-2-6-17(11-18)33-23-22(14-30-24(31-23)29-13-16-5-4-10-28-12-16)32(25(33)34)15-19-20(26)8-3-9-21(19)27/h2-3,6-9,11,14,16,28H,4-5,10,12-13,15H2,1H3,(H,29,30,31). The Labute approximate surface area is 200 Å². The zero-order valence-electron chi connectivity index (χ0n) is 19.3. The van der Waals surface area contributed by atoms with Crippen LogP contribution in [0.5, 0.6) is 5.75 Å². The molecule has 2 N–H and O–H groups in total. The summed E-state index contributed by atoms with van der Waals surface area (Å²) < 4.78 is 36.8. The van der Waals surface area contributed by atoms with Gasteiger partial charge in [-0.25, -0.2) is 23.1 Å². The van der Waals surface area contributed by atoms with Gasteiger partial charge in [-0.2, -0.15) is 4.98 Å². The number of halogens is 2. The van der Waals surface area contributed by atoms with E-state index in [1.165, 1.54) is 40.6 Å². The molecule has 0 aliphatic carbocycles. The van der Waals surface area contributed by atoms with Crippen molar-refractivity contribution in [1.82, 2.24) is 24.4 Å². The van der Waals surface area contributed by atoms with Gasteiger partial charge in [0.15, 0.2) is 5.65 Å². The molecule has 1 aliphatic heterocycles. The molecule has 0 radical (unpaired) electrons. The van der Waals surface area contributed by atoms with Crippen LogP contribution in [0, 0.1) is 17.6 Å². The van der Waals surface area contributed by atoms with Gasteiger partial charge in [0, 0.05) is 18.2 Å². The van der Waals surface area contributed by atoms with Crippen LogP contribution >= 0.6 is 0 Å². The minimum Gasteiger partial charge on any atom is -0.497 e. The molecule has 1 aliphatic rings. The van der Waals surface area contributed by atoms with E-state index in [0.29, 0.717) is 41.0 Å². The summed E-state index contributed by atoms with van der Waals surface area (Å²) in [7, 11) is 1.54. The molecule has 1 atom stereocenters. The maximum atomic E-state index is 14.4. The molecule has 1 fully saturated rings. The molecule has 3 heterocycles. The lowest BCUT2D eigenvalue weighted by Crippen LogP contribution is -2.33. The van der Waals surface area contributed by atoms with E-state index in [2.05, 4.69) is 20.6 Å². The highest BCUT2D eigenvalue weighted by Gasteiger charge is 2.21. The Hall–Kier alpha value is -3.79. The van der Waals surface area contributed by atoms with E-state index in [0.717, 1.165) is 25.9 Å². The average molecular weight is 481 g/mol. The summed E-state index contributed by atoms with van der Waals surface area (Å²) in [5, 5.41) is 6.66. The third-order valence-electron chi connectivity index (χ3n) is 6.31. The van der Waals surface area contributed by atoms with E-state index < -0.39 is 17.3 Å². The van der Waals surface area contributed by atoms with Gasteiger partial charge < -0.3 is 15.4 Å². The number of imidazole rings is 1. The van der Waals surface area contributed by atoms with Gasteiger partial charge in [-0.15, -0.1) is 0 Å². The summed E-state index contributed by atoms with van der Waals surface area (Å²) in [5.74, 6) is -0.0437. The molecular weight excluding hydrogens is 454 g/mol. The van der Waals surface area contributed by atoms with Gasteiger partial charge in [0.1, 0.15) is 22.9 Å². The molecule has 0 spiro atoms. The number of ether oxygens (including phenoxy) is 1. The number of benzene rings is 2. The fourth-order valence-corrected chi connectivity index (χ4v) is 4.43. The Balaban J connectivity index is 1.60. The molecule has 0 saturated carbocycles. The minimum absolute atomic E-state index is 0.203. The first kappa shape index (κ1) is 23.0. The highest BCUT2D eigenvalue weighted by molar-refractivity contribution is 5.74. The molecule has 10 heteroatoms. The van der Waals surface area contributed by atoms with Gasteiger partial charge in [0.05, 0.1) is 25.5 Å². The topological polar surface area (TPSA) is 86.0 Å². The van der Waals surface area contributed by atoms with Crippen molar-refractivity contribution in [2.45, 2.75) is 19.4 Å². The Bertz CT molecular complexity index is 1390. The molecule has 2 aromatic carbocycles. The number of nitrogens with zero attached hydrogens (tertiary/aromatic N) is 4. The van der Waals surface area contributed by atoms with Crippen LogP contribution in [-0.2, 0) is 6.54 Å². The lowest BCUT2D eigenvalue weighted by Gasteiger charge is -2.22. The summed E-state index contributed by atoms with van der Waals surface area (Å²) >= 11 is 0. The first-order valence-corrected chi connectivity index (χ1v) is 11.6. The van der Waals surface area contributed by atoms with E-state index in [1.54, 1.807) is 24.3 Å². The Morgan fingerprint density at radius 1 is 1.20 bits per heavy atom. The first-order valence-electron chi connectivity index (χ1n) is 11.6. The summed E-state index contributed by atoms with van der Waals surface area (Å²) in [6.07, 6.45) is 3.75. The largest absolute Gasteiger partial charge is 0.497 e. The molecule has 1 unspecified atom stereocenters. The van der Waals surface area contributed by atoms with E-state index in [4.69, 9.17) is 4.74 Å². The van der Waals surface area contributed by atoms with Gasteiger partial charge >= 0.3 is 5.69 Å². The number of piperidine rings is 1. The van der Waals surface area contributed by atoms with Gasteiger partial charge in [-0.05, 0) is 56.1 Å². The molecule has 182 valence electrons. The van der Waals surface area contributed by atoms with Crippen molar-refractivity contribution in [3.8, 4) is 11.4 Å². The maximum Gasteiger partial charge on any atom is 0.335 e. The monoisotopic (exact) mass is 480 g/mol. The lowest BCUT2D eigenvalue weighted by atomic mass is 10.00. The second kappa shape index (κ2) is 9.83. The van der Waals surface area contributed by atoms with Crippen molar-refractivity contribution in [2.75, 3.05) is 32.1 Å². The molecule has 0 amide bonds. The highest BCUT2D eigenvalue weighted by Crippen LogP contribution is 2.22. The van der Waals surface area contributed by atoms with Crippen LogP contribution < -0.4 is 21.1 Å². The van der Waals surface area contributed by atoms with Crippen LogP contribution in [-0.4, -0.2) is 45.8 Å². The molecule has 1 saturated heterocycles. The van der Waals surface area contributed by atoms with Crippen LogP contribution in [0.1, 0.15) is 18.4 Å². The van der Waals surface area contributed by atoms with Crippen molar-refractivity contribution < 1.29 is 13.5 Å². The molecular formula is C25H26F2N6O2. The number of rotatable bonds is 7. The van der Waals surface area contributed by atoms with Crippen LogP contribution in [0.15, 0.2) is 53.5 Å². The third kappa shape index (κ3) is 4.61. The summed E-state index contributed by atoms with van der Waals surface area (Å²) in [4.78, 5) is 22.6. The molecule has 0 bridgehead atoms. The lowest BCUT2D eigenvalue weighted by molar-refractivity contribution is 0.392. The van der Waals surface area contributed by atoms with E-state index in [1.807, 2.05) is 0 Å². The Kier molecular flexibility index (Phi) is 6.45. The average Bonchev–Trinajstić information content (AvgIpc) is 3.16. The zero-order valence-corrected chi connectivity index (χ0v) is 19.3. The summed E-state index contributed by atoms with van der Waals surface area (Å²) in [6.45, 7) is 2.36. The van der Waals surface area contributed by atoms with Gasteiger partial charge in [-0.1, -0.05) is 12.1 Å². The van der Waals surface area contributed by atoms with E-state index in [-0.39, 0.29) is 12.1 Å². The molecule has 2 aromatic heterocycles. The molecule has 8 nitrogen and oxygen atoms in total. The molecule has 35 heavy (non-hydrogen) atoms. The second-order valence-corrected chi connectivity index (χ2v) is 8.60. The number of hydrogen-bond donors (Lipinski definition) is 2. The first-order chi connectivity index (χ1) is 17.0. The summed E-state index contributed by atoms with van der Waals surface area (Å²) in [5.41, 5.74) is 0.531. The SMILES string of the molecule is COc1cccc(-n2c(=O)n(Cc3c(F)cccc3F)c3cnc(NCC4CCCNC4)nc32)c1. The van der Waals surface area contributed by atoms with Gasteiger partial charge in [0.25, 0.3) is 0 Å². The fraction of sp³-hybridized carbons (Fsp3) is 0.320. The number of aromatic nitrogens is 4. The second-order valence-electron chi connectivity index (χ2n) is 8.60. The molecule has 5 rings (SSSR count). The van der Waals surface area contributed by atoms with Gasteiger partial charge in [0.2, 0.25) is 5.95 Å². The number of anilines is 1. The van der Waals surface area contributed by atoms with Crippen molar-refractivity contribution in [2.24, 2.45) is 5.92 Å². The zero-order chi connectivity index (χ0) is 24.4. The number of methoxy groups -OCH3 is 1. The number of nitrogens with one attached hydrogen (secondary N) is 2. The van der Waals surface area contributed by atoms with Crippen molar-refractivity contribution >= 4 is 17.1 Å². The van der Waals surface area contributed by atoms with Gasteiger partial charge in [-0.3, -0.25) is 4.57 Å². The van der Waals surface area contributed by atoms with Crippen LogP contribution in [0.3, 0.4) is 0 Å². The van der Waals surface area contributed by atoms with Crippen molar-refractivity contribution in [3.63, 3.8) is 0 Å². The third-order valence-corrected chi connectivity index (χ3v) is 6.31. The van der Waals surface area contributed by atoms with Crippen molar-refractivity contribution in [3.05, 3.63) is 76.3 Å². The van der Waals surface area contributed by atoms with Crippen LogP contribution in [0.4, 0.5) is 14.7 Å². The van der Waals surface area contributed by atoms with Crippen molar-refractivity contribution in [1.29, 1.82) is 0 Å². The number of fused-ring (bicyclic) bond motifs is 1. The molecule has 4 aromatic rings. The minimum atomic E-state index is -0.723. The smallest absolute Gasteiger partial charge is 0.335 e. The number of hydrogen-bond acceptors (Lipinski definition) is 6. The fourth-order valence-electron chi connectivity index (χ4n) is 4.43. The normalized spacial score (nSPS) is 15.9. The predicted octanol–water partition coefficient (Wildman–Crippen LogP) is 3.33. The Morgan fingerprint density at radius 2 is 2.00 bits per heavy atom. The van der Waals surface area contributed by atoms with E-state index >= 15 is 0 Å². The predicted molar refractivity (Wildman–Crippen MR) is 129 cm³/mol. The van der Waals surface area contributed by atoms with E-state index in [9.17, 15) is 13.6 Å². The van der Waals surface area contributed by atoms with Crippen LogP contribution in [0.2, 0.25) is 0 Å². The quantitative estimate of drug-likeness (QED) is 0.422. The Morgan fingerprint density at radius 3 is 2.74 bits per heavy atom.